The number of aryl methyl sites for hydroxylation is 1. The van der Waals surface area contributed by atoms with Crippen LogP contribution in [0.5, 0.6) is 0 Å². The lowest BCUT2D eigenvalue weighted by Crippen LogP contribution is -2.55. The van der Waals surface area contributed by atoms with E-state index in [1.165, 1.54) is 49.2 Å². The van der Waals surface area contributed by atoms with Crippen LogP contribution in [0.4, 0.5) is 5.69 Å². The van der Waals surface area contributed by atoms with Gasteiger partial charge in [-0.05, 0) is 74.1 Å². The number of rotatable bonds is 10. The Morgan fingerprint density at radius 2 is 1.81 bits per heavy atom. The molecule has 0 spiro atoms. The molecule has 1 amide bonds. The summed E-state index contributed by atoms with van der Waals surface area (Å²) in [6.45, 7) is 7.49. The van der Waals surface area contributed by atoms with Gasteiger partial charge in [0.2, 0.25) is 5.91 Å². The number of anilines is 1. The summed E-state index contributed by atoms with van der Waals surface area (Å²) >= 11 is 0. The monoisotopic (exact) mass is 546 g/mol. The van der Waals surface area contributed by atoms with Crippen LogP contribution in [0.3, 0.4) is 0 Å². The molecule has 3 atom stereocenters. The normalized spacial score (nSPS) is 22.8. The highest BCUT2D eigenvalue weighted by molar-refractivity contribution is 5.85. The number of para-hydroxylation sites is 1. The molecule has 37 heavy (non-hydrogen) atoms. The molecule has 0 aliphatic carbocycles. The fraction of sp³-hybridized carbons (Fsp3) is 0.567. The number of halogens is 2. The van der Waals surface area contributed by atoms with Crippen molar-refractivity contribution in [3.63, 3.8) is 0 Å². The van der Waals surface area contributed by atoms with Crippen LogP contribution in [-0.2, 0) is 17.8 Å². The van der Waals surface area contributed by atoms with Gasteiger partial charge < -0.3 is 15.5 Å². The second kappa shape index (κ2) is 15.0. The van der Waals surface area contributed by atoms with Gasteiger partial charge in [-0.1, -0.05) is 48.5 Å². The van der Waals surface area contributed by atoms with Crippen LogP contribution in [0.15, 0.2) is 54.6 Å². The first-order chi connectivity index (χ1) is 17.2. The lowest BCUT2D eigenvalue weighted by atomic mass is 9.79. The first-order valence-corrected chi connectivity index (χ1v) is 13.8. The number of carbonyl (C=O) groups is 1. The summed E-state index contributed by atoms with van der Waals surface area (Å²) in [5.74, 6) is 1.69. The van der Waals surface area contributed by atoms with Crippen molar-refractivity contribution in [3.8, 4) is 0 Å². The fourth-order valence-corrected chi connectivity index (χ4v) is 6.49. The fourth-order valence-electron chi connectivity index (χ4n) is 6.49. The molecule has 3 aliphatic heterocycles. The second-order valence-corrected chi connectivity index (χ2v) is 10.9. The van der Waals surface area contributed by atoms with Crippen molar-refractivity contribution < 1.29 is 4.79 Å². The Morgan fingerprint density at radius 1 is 1.00 bits per heavy atom. The molecule has 5 nitrogen and oxygen atoms in total. The topological polar surface area (TPSA) is 47.6 Å². The van der Waals surface area contributed by atoms with Gasteiger partial charge in [0.15, 0.2) is 0 Å². The molecule has 2 N–H and O–H groups in total. The van der Waals surface area contributed by atoms with Crippen molar-refractivity contribution in [1.29, 1.82) is 0 Å². The van der Waals surface area contributed by atoms with Gasteiger partial charge in [0.25, 0.3) is 0 Å². The number of hydrogen-bond acceptors (Lipinski definition) is 4. The first-order valence-electron chi connectivity index (χ1n) is 13.8. The van der Waals surface area contributed by atoms with Gasteiger partial charge in [0, 0.05) is 57.4 Å². The van der Waals surface area contributed by atoms with Crippen molar-refractivity contribution in [2.24, 2.45) is 11.8 Å². The molecule has 2 fully saturated rings. The number of nitrogens with zero attached hydrogens (tertiary/aromatic N) is 2. The maximum absolute atomic E-state index is 12.5. The smallest absolute Gasteiger partial charge is 0.219 e. The predicted molar refractivity (Wildman–Crippen MR) is 158 cm³/mol. The van der Waals surface area contributed by atoms with Crippen molar-refractivity contribution in [1.82, 2.24) is 15.5 Å². The molecule has 5 rings (SSSR count). The molecule has 2 saturated heterocycles. The van der Waals surface area contributed by atoms with E-state index in [1.54, 1.807) is 0 Å². The van der Waals surface area contributed by atoms with Crippen molar-refractivity contribution in [2.75, 3.05) is 44.2 Å². The molecule has 7 heteroatoms. The van der Waals surface area contributed by atoms with E-state index < -0.39 is 0 Å². The third-order valence-corrected chi connectivity index (χ3v) is 8.18. The maximum Gasteiger partial charge on any atom is 0.219 e. The molecule has 0 saturated carbocycles. The average molecular weight is 548 g/mol. The zero-order chi connectivity index (χ0) is 23.9. The summed E-state index contributed by atoms with van der Waals surface area (Å²) in [5, 5.41) is 6.98. The Balaban J connectivity index is 0.00000190. The van der Waals surface area contributed by atoms with Gasteiger partial charge in [-0.15, -0.1) is 24.8 Å². The van der Waals surface area contributed by atoms with Gasteiger partial charge >= 0.3 is 0 Å². The van der Waals surface area contributed by atoms with Gasteiger partial charge in [0.1, 0.15) is 0 Å². The van der Waals surface area contributed by atoms with Gasteiger partial charge in [-0.2, -0.15) is 0 Å². The first kappa shape index (κ1) is 29.8. The van der Waals surface area contributed by atoms with Crippen LogP contribution >= 0.6 is 24.8 Å². The molecule has 3 aliphatic rings. The summed E-state index contributed by atoms with van der Waals surface area (Å²) in [4.78, 5) is 17.6. The number of piperidine rings is 2. The Morgan fingerprint density at radius 3 is 2.68 bits per heavy atom. The molecule has 204 valence electrons. The second-order valence-electron chi connectivity index (χ2n) is 10.9. The number of benzene rings is 2. The van der Waals surface area contributed by atoms with Crippen LogP contribution < -0.4 is 15.5 Å². The quantitative estimate of drug-likeness (QED) is 0.408. The molecular weight excluding hydrogens is 503 g/mol. The summed E-state index contributed by atoms with van der Waals surface area (Å²) in [6.07, 6.45) is 7.49. The lowest BCUT2D eigenvalue weighted by Gasteiger charge is -2.46. The predicted octanol–water partition coefficient (Wildman–Crippen LogP) is 5.07. The summed E-state index contributed by atoms with van der Waals surface area (Å²) < 4.78 is 0. The summed E-state index contributed by atoms with van der Waals surface area (Å²) in [5.41, 5.74) is 4.27. The highest BCUT2D eigenvalue weighted by Crippen LogP contribution is 2.31. The van der Waals surface area contributed by atoms with E-state index in [2.05, 4.69) is 75.0 Å². The number of likely N-dealkylation sites (tertiary alicyclic amines) is 1. The van der Waals surface area contributed by atoms with Crippen LogP contribution in [0.25, 0.3) is 0 Å². The zero-order valence-corrected chi connectivity index (χ0v) is 23.6. The Labute approximate surface area is 235 Å². The lowest BCUT2D eigenvalue weighted by molar-refractivity contribution is -0.121. The average Bonchev–Trinajstić information content (AvgIpc) is 2.88. The Hall–Kier alpha value is -1.79. The van der Waals surface area contributed by atoms with Gasteiger partial charge in [-0.3, -0.25) is 9.69 Å². The number of carbonyl (C=O) groups excluding carboxylic acids is 1. The van der Waals surface area contributed by atoms with Crippen molar-refractivity contribution in [2.45, 2.75) is 57.5 Å². The SMILES string of the molecule is Cl.Cl.O=C(CCC[C@H]1NCC2CC1CN(Cc1ccccc1)C2)NCCCN1CCCc2ccccc21. The highest BCUT2D eigenvalue weighted by atomic mass is 35.5. The van der Waals surface area contributed by atoms with Gasteiger partial charge in [-0.25, -0.2) is 0 Å². The number of amides is 1. The minimum absolute atomic E-state index is 0. The minimum Gasteiger partial charge on any atom is -0.371 e. The van der Waals surface area contributed by atoms with E-state index in [0.717, 1.165) is 57.9 Å². The van der Waals surface area contributed by atoms with Gasteiger partial charge in [0.05, 0.1) is 0 Å². The highest BCUT2D eigenvalue weighted by Gasteiger charge is 2.36. The number of fused-ring (bicyclic) bond motifs is 3. The molecule has 0 radical (unpaired) electrons. The van der Waals surface area contributed by atoms with Crippen LogP contribution in [0.2, 0.25) is 0 Å². The van der Waals surface area contributed by atoms with E-state index in [1.807, 2.05) is 0 Å². The van der Waals surface area contributed by atoms with E-state index in [0.29, 0.717) is 18.4 Å². The van der Waals surface area contributed by atoms with E-state index in [9.17, 15) is 4.79 Å². The van der Waals surface area contributed by atoms with Crippen molar-refractivity contribution >= 4 is 36.4 Å². The number of hydrogen-bond donors (Lipinski definition) is 2. The molecule has 0 aromatic heterocycles. The maximum atomic E-state index is 12.5. The van der Waals surface area contributed by atoms with E-state index in [-0.39, 0.29) is 30.7 Å². The number of nitrogens with one attached hydrogen (secondary N) is 2. The third kappa shape index (κ3) is 8.35. The minimum atomic E-state index is 0. The summed E-state index contributed by atoms with van der Waals surface area (Å²) in [6, 6.07) is 20.2. The van der Waals surface area contributed by atoms with E-state index in [4.69, 9.17) is 0 Å². The molecule has 2 unspecified atom stereocenters. The van der Waals surface area contributed by atoms with Crippen LogP contribution in [-0.4, -0.2) is 56.1 Å². The zero-order valence-electron chi connectivity index (χ0n) is 21.9. The standard InChI is InChI=1S/C30H42N4O.2ClH/c35-30(31-16-8-18-34-17-7-12-26-11-4-5-14-29(26)34)15-6-13-28-27-19-25(20-32-28)22-33(23-27)21-24-9-2-1-3-10-24;;/h1-5,9-11,14,25,27-28,32H,6-8,12-13,15-23H2,(H,31,35);2*1H/t25?,27?,28-;;/m1../s1. The van der Waals surface area contributed by atoms with Crippen LogP contribution in [0.1, 0.15) is 49.7 Å². The van der Waals surface area contributed by atoms with Crippen molar-refractivity contribution in [3.05, 3.63) is 65.7 Å². The largest absolute Gasteiger partial charge is 0.371 e. The third-order valence-electron chi connectivity index (χ3n) is 8.18. The molecule has 2 bridgehead atoms. The Bertz CT molecular complexity index is 960. The molecule has 2 aromatic rings. The van der Waals surface area contributed by atoms with E-state index >= 15 is 0 Å². The summed E-state index contributed by atoms with van der Waals surface area (Å²) in [7, 11) is 0. The Kier molecular flexibility index (Phi) is 12.0. The molecular formula is C30H44Cl2N4O. The van der Waals surface area contributed by atoms with Crippen LogP contribution in [0, 0.1) is 11.8 Å². The molecule has 2 aromatic carbocycles. The molecule has 3 heterocycles.